The molecule has 0 aromatic carbocycles. The zero-order chi connectivity index (χ0) is 10.3. The van der Waals surface area contributed by atoms with Crippen molar-refractivity contribution in [3.63, 3.8) is 0 Å². The van der Waals surface area contributed by atoms with E-state index in [4.69, 9.17) is 5.73 Å². The van der Waals surface area contributed by atoms with Gasteiger partial charge in [0.2, 0.25) is 0 Å². The summed E-state index contributed by atoms with van der Waals surface area (Å²) in [6.07, 6.45) is 2.24. The van der Waals surface area contributed by atoms with Gasteiger partial charge in [-0.15, -0.1) is 0 Å². The Morgan fingerprint density at radius 1 is 1.53 bits per heavy atom. The van der Waals surface area contributed by atoms with E-state index in [9.17, 15) is 0 Å². The summed E-state index contributed by atoms with van der Waals surface area (Å²) in [5.74, 6) is 3.14. The van der Waals surface area contributed by atoms with Crippen molar-refractivity contribution in [2.45, 2.75) is 24.6 Å². The second-order valence-corrected chi connectivity index (χ2v) is 5.31. The lowest BCUT2D eigenvalue weighted by Crippen LogP contribution is -2.16. The normalized spacial score (nSPS) is 25.5. The molecule has 0 bridgehead atoms. The lowest BCUT2D eigenvalue weighted by atomic mass is 10.2. The van der Waals surface area contributed by atoms with Crippen LogP contribution in [0.15, 0.2) is 0 Å². The minimum absolute atomic E-state index is 0.473. The van der Waals surface area contributed by atoms with Crippen LogP contribution in [0.2, 0.25) is 0 Å². The van der Waals surface area contributed by atoms with Gasteiger partial charge < -0.3 is 11.1 Å². The average Bonchev–Trinajstić information content (AvgIpc) is 2.87. The van der Waals surface area contributed by atoms with Crippen LogP contribution in [-0.2, 0) is 12.2 Å². The molecule has 2 aliphatic rings. The number of nitrogens with one attached hydrogen (secondary N) is 1. The van der Waals surface area contributed by atoms with Crippen LogP contribution in [0.5, 0.6) is 0 Å². The van der Waals surface area contributed by atoms with Crippen molar-refractivity contribution in [2.75, 3.05) is 24.6 Å². The summed E-state index contributed by atoms with van der Waals surface area (Å²) >= 11 is 1.96. The smallest absolute Gasteiger partial charge is 0.125 e. The fourth-order valence-corrected chi connectivity index (χ4v) is 3.31. The maximum atomic E-state index is 6.17. The average molecular weight is 224 g/mol. The lowest BCUT2D eigenvalue weighted by Gasteiger charge is -2.11. The van der Waals surface area contributed by atoms with Gasteiger partial charge in [0.1, 0.15) is 5.82 Å². The first-order valence-electron chi connectivity index (χ1n) is 5.50. The molecule has 15 heavy (non-hydrogen) atoms. The van der Waals surface area contributed by atoms with Crippen LogP contribution in [0.4, 0.5) is 5.82 Å². The van der Waals surface area contributed by atoms with Gasteiger partial charge in [0.15, 0.2) is 0 Å². The minimum atomic E-state index is 0.473. The number of nitrogens with two attached hydrogens (primary N) is 1. The third kappa shape index (κ3) is 1.54. The Kier molecular flexibility index (Phi) is 2.36. The standard InChI is InChI=1S/C10H16N4S/c11-10-8-2-4-15-6-9(8)13-14(10)7-1-3-12-5-7/h7,12H,1-6,11H2. The number of hydrogen-bond acceptors (Lipinski definition) is 4. The van der Waals surface area contributed by atoms with Crippen molar-refractivity contribution < 1.29 is 0 Å². The summed E-state index contributed by atoms with van der Waals surface area (Å²) in [6, 6.07) is 0.473. The number of rotatable bonds is 1. The molecule has 1 unspecified atom stereocenters. The number of nitrogens with zero attached hydrogens (tertiary/aromatic N) is 2. The van der Waals surface area contributed by atoms with Crippen molar-refractivity contribution in [3.8, 4) is 0 Å². The van der Waals surface area contributed by atoms with Crippen molar-refractivity contribution in [1.29, 1.82) is 0 Å². The largest absolute Gasteiger partial charge is 0.384 e. The molecule has 0 spiro atoms. The SMILES string of the molecule is Nc1c2c(nn1C1CCNC1)CSCC2. The third-order valence-electron chi connectivity index (χ3n) is 3.25. The van der Waals surface area contributed by atoms with E-state index in [0.29, 0.717) is 6.04 Å². The van der Waals surface area contributed by atoms with Gasteiger partial charge in [0.25, 0.3) is 0 Å². The molecular formula is C10H16N4S. The topological polar surface area (TPSA) is 55.9 Å². The van der Waals surface area contributed by atoms with Gasteiger partial charge in [0, 0.05) is 17.9 Å². The van der Waals surface area contributed by atoms with E-state index >= 15 is 0 Å². The predicted octanol–water partition coefficient (Wildman–Crippen LogP) is 0.789. The quantitative estimate of drug-likeness (QED) is 0.740. The van der Waals surface area contributed by atoms with E-state index in [0.717, 1.165) is 37.5 Å². The highest BCUT2D eigenvalue weighted by molar-refractivity contribution is 7.98. The van der Waals surface area contributed by atoms with Crippen LogP contribution in [0.3, 0.4) is 0 Å². The maximum Gasteiger partial charge on any atom is 0.125 e. The molecule has 3 N–H and O–H groups in total. The van der Waals surface area contributed by atoms with E-state index in [1.165, 1.54) is 17.0 Å². The van der Waals surface area contributed by atoms with Crippen LogP contribution in [0, 0.1) is 0 Å². The molecule has 0 radical (unpaired) electrons. The fourth-order valence-electron chi connectivity index (χ4n) is 2.39. The van der Waals surface area contributed by atoms with E-state index < -0.39 is 0 Å². The molecule has 3 rings (SSSR count). The second-order valence-electron chi connectivity index (χ2n) is 4.20. The number of aromatic nitrogens is 2. The summed E-state index contributed by atoms with van der Waals surface area (Å²) in [4.78, 5) is 0. The number of hydrogen-bond donors (Lipinski definition) is 2. The molecule has 3 heterocycles. The van der Waals surface area contributed by atoms with Crippen LogP contribution in [0.25, 0.3) is 0 Å². The van der Waals surface area contributed by atoms with Crippen molar-refractivity contribution in [3.05, 3.63) is 11.3 Å². The van der Waals surface area contributed by atoms with Gasteiger partial charge in [-0.1, -0.05) is 0 Å². The molecule has 5 heteroatoms. The highest BCUT2D eigenvalue weighted by Gasteiger charge is 2.24. The van der Waals surface area contributed by atoms with Gasteiger partial charge in [0.05, 0.1) is 11.7 Å². The molecule has 1 aromatic heterocycles. The maximum absolute atomic E-state index is 6.17. The molecular weight excluding hydrogens is 208 g/mol. The first-order chi connectivity index (χ1) is 7.36. The third-order valence-corrected chi connectivity index (χ3v) is 4.22. The van der Waals surface area contributed by atoms with Crippen molar-refractivity contribution >= 4 is 17.6 Å². The Labute approximate surface area is 93.6 Å². The molecule has 1 atom stereocenters. The van der Waals surface area contributed by atoms with E-state index in [1.807, 2.05) is 11.8 Å². The molecule has 0 aliphatic carbocycles. The number of thioether (sulfide) groups is 1. The Morgan fingerprint density at radius 3 is 3.20 bits per heavy atom. The molecule has 1 saturated heterocycles. The molecule has 82 valence electrons. The summed E-state index contributed by atoms with van der Waals surface area (Å²) in [6.45, 7) is 2.10. The fraction of sp³-hybridized carbons (Fsp3) is 0.700. The zero-order valence-corrected chi connectivity index (χ0v) is 9.52. The lowest BCUT2D eigenvalue weighted by molar-refractivity contribution is 0.495. The number of nitrogen functional groups attached to an aromatic ring is 1. The highest BCUT2D eigenvalue weighted by atomic mass is 32.2. The Hall–Kier alpha value is -0.680. The van der Waals surface area contributed by atoms with Crippen LogP contribution < -0.4 is 11.1 Å². The van der Waals surface area contributed by atoms with Gasteiger partial charge in [-0.25, -0.2) is 4.68 Å². The van der Waals surface area contributed by atoms with Crippen molar-refractivity contribution in [1.82, 2.24) is 15.1 Å². The number of fused-ring (bicyclic) bond motifs is 1. The summed E-state index contributed by atoms with van der Waals surface area (Å²) in [5, 5.41) is 8.02. The molecule has 1 fully saturated rings. The first kappa shape index (κ1) is 9.54. The van der Waals surface area contributed by atoms with Crippen LogP contribution >= 0.6 is 11.8 Å². The van der Waals surface area contributed by atoms with E-state index in [1.54, 1.807) is 0 Å². The zero-order valence-electron chi connectivity index (χ0n) is 8.70. The van der Waals surface area contributed by atoms with E-state index in [-0.39, 0.29) is 0 Å². The second kappa shape index (κ2) is 3.72. The summed E-state index contributed by atoms with van der Waals surface area (Å²) < 4.78 is 2.05. The number of anilines is 1. The van der Waals surface area contributed by atoms with Gasteiger partial charge >= 0.3 is 0 Å². The monoisotopic (exact) mass is 224 g/mol. The molecule has 4 nitrogen and oxygen atoms in total. The molecule has 1 aromatic rings. The Morgan fingerprint density at radius 2 is 2.47 bits per heavy atom. The summed E-state index contributed by atoms with van der Waals surface area (Å²) in [5.41, 5.74) is 8.69. The Bertz CT molecular complexity index is 368. The van der Waals surface area contributed by atoms with Crippen molar-refractivity contribution in [2.24, 2.45) is 0 Å². The molecule has 0 amide bonds. The van der Waals surface area contributed by atoms with E-state index in [2.05, 4.69) is 15.1 Å². The van der Waals surface area contributed by atoms with Gasteiger partial charge in [-0.05, 0) is 25.1 Å². The molecule has 0 saturated carbocycles. The predicted molar refractivity (Wildman–Crippen MR) is 63.0 cm³/mol. The molecule has 2 aliphatic heterocycles. The van der Waals surface area contributed by atoms with Crippen LogP contribution in [-0.4, -0.2) is 28.6 Å². The summed E-state index contributed by atoms with van der Waals surface area (Å²) in [7, 11) is 0. The van der Waals surface area contributed by atoms with Gasteiger partial charge in [-0.3, -0.25) is 0 Å². The van der Waals surface area contributed by atoms with Gasteiger partial charge in [-0.2, -0.15) is 16.9 Å². The van der Waals surface area contributed by atoms with Crippen LogP contribution in [0.1, 0.15) is 23.7 Å². The Balaban J connectivity index is 1.97. The first-order valence-corrected chi connectivity index (χ1v) is 6.66. The highest BCUT2D eigenvalue weighted by Crippen LogP contribution is 2.30. The minimum Gasteiger partial charge on any atom is -0.384 e.